The van der Waals surface area contributed by atoms with Crippen LogP contribution in [0.2, 0.25) is 0 Å². The molecule has 24 heavy (non-hydrogen) atoms. The number of benzene rings is 1. The van der Waals surface area contributed by atoms with Crippen LogP contribution in [-0.2, 0) is 0 Å². The van der Waals surface area contributed by atoms with Crippen LogP contribution in [0.15, 0.2) is 23.2 Å². The van der Waals surface area contributed by atoms with Crippen LogP contribution in [0, 0.1) is 0 Å². The van der Waals surface area contributed by atoms with Crippen molar-refractivity contribution in [2.75, 3.05) is 39.3 Å². The van der Waals surface area contributed by atoms with Crippen molar-refractivity contribution in [2.24, 2.45) is 4.99 Å². The SMILES string of the molecule is CCNC(=NCCCCSC)NC(C)c1cc(OC)ccc1OC. The summed E-state index contributed by atoms with van der Waals surface area (Å²) in [5.74, 6) is 3.68. The highest BCUT2D eigenvalue weighted by Crippen LogP contribution is 2.29. The number of nitrogens with one attached hydrogen (secondary N) is 2. The number of guanidine groups is 1. The van der Waals surface area contributed by atoms with Crippen LogP contribution in [0.4, 0.5) is 0 Å². The van der Waals surface area contributed by atoms with Crippen LogP contribution in [0.1, 0.15) is 38.3 Å². The number of unbranched alkanes of at least 4 members (excludes halogenated alkanes) is 1. The Hall–Kier alpha value is -1.56. The lowest BCUT2D eigenvalue weighted by Gasteiger charge is -2.20. The molecular weight excluding hydrogens is 322 g/mol. The third kappa shape index (κ3) is 6.91. The van der Waals surface area contributed by atoms with Gasteiger partial charge in [-0.15, -0.1) is 0 Å². The van der Waals surface area contributed by atoms with Crippen LogP contribution in [-0.4, -0.2) is 45.3 Å². The molecule has 0 amide bonds. The maximum atomic E-state index is 5.47. The molecule has 0 heterocycles. The largest absolute Gasteiger partial charge is 0.497 e. The van der Waals surface area contributed by atoms with Gasteiger partial charge >= 0.3 is 0 Å². The van der Waals surface area contributed by atoms with Crippen molar-refractivity contribution in [3.05, 3.63) is 23.8 Å². The summed E-state index contributed by atoms with van der Waals surface area (Å²) in [7, 11) is 3.35. The molecule has 0 aliphatic carbocycles. The highest BCUT2D eigenvalue weighted by Gasteiger charge is 2.14. The standard InChI is InChI=1S/C18H31N3O2S/c1-6-19-18(20-11-7-8-12-24-5)21-14(2)16-13-15(22-3)9-10-17(16)23-4/h9-10,13-14H,6-8,11-12H2,1-5H3,(H2,19,20,21). The van der Waals surface area contributed by atoms with Crippen molar-refractivity contribution in [3.8, 4) is 11.5 Å². The van der Waals surface area contributed by atoms with Gasteiger partial charge < -0.3 is 20.1 Å². The Labute approximate surface area is 150 Å². The molecule has 0 radical (unpaired) electrons. The van der Waals surface area contributed by atoms with E-state index >= 15 is 0 Å². The van der Waals surface area contributed by atoms with Gasteiger partial charge in [0.1, 0.15) is 11.5 Å². The molecule has 1 atom stereocenters. The molecule has 0 spiro atoms. The number of hydrogen-bond acceptors (Lipinski definition) is 4. The first kappa shape index (κ1) is 20.5. The second kappa shape index (κ2) is 11.9. The first-order valence-electron chi connectivity index (χ1n) is 8.41. The predicted molar refractivity (Wildman–Crippen MR) is 105 cm³/mol. The van der Waals surface area contributed by atoms with E-state index in [1.165, 1.54) is 12.2 Å². The summed E-state index contributed by atoms with van der Waals surface area (Å²) in [6.45, 7) is 5.83. The smallest absolute Gasteiger partial charge is 0.191 e. The number of ether oxygens (including phenoxy) is 2. The Kier molecular flexibility index (Phi) is 10.2. The van der Waals surface area contributed by atoms with E-state index in [2.05, 4.69) is 35.7 Å². The molecule has 2 N–H and O–H groups in total. The van der Waals surface area contributed by atoms with Crippen LogP contribution in [0.25, 0.3) is 0 Å². The molecule has 1 rings (SSSR count). The minimum absolute atomic E-state index is 0.0547. The van der Waals surface area contributed by atoms with E-state index in [4.69, 9.17) is 9.47 Å². The first-order chi connectivity index (χ1) is 11.7. The van der Waals surface area contributed by atoms with E-state index in [0.717, 1.165) is 42.5 Å². The number of thioether (sulfide) groups is 1. The van der Waals surface area contributed by atoms with Gasteiger partial charge in [0, 0.05) is 18.7 Å². The van der Waals surface area contributed by atoms with Gasteiger partial charge in [0.05, 0.1) is 20.3 Å². The van der Waals surface area contributed by atoms with Crippen molar-refractivity contribution in [1.82, 2.24) is 10.6 Å². The minimum Gasteiger partial charge on any atom is -0.497 e. The lowest BCUT2D eigenvalue weighted by atomic mass is 10.1. The molecule has 0 bridgehead atoms. The molecular formula is C18H31N3O2S. The fourth-order valence-corrected chi connectivity index (χ4v) is 2.82. The van der Waals surface area contributed by atoms with Gasteiger partial charge in [-0.25, -0.2) is 0 Å². The molecule has 5 nitrogen and oxygen atoms in total. The van der Waals surface area contributed by atoms with Crippen LogP contribution in [0.3, 0.4) is 0 Å². The maximum Gasteiger partial charge on any atom is 0.191 e. The maximum absolute atomic E-state index is 5.47. The van der Waals surface area contributed by atoms with Gasteiger partial charge in [0.15, 0.2) is 5.96 Å². The minimum atomic E-state index is 0.0547. The summed E-state index contributed by atoms with van der Waals surface area (Å²) in [5, 5.41) is 6.75. The van der Waals surface area contributed by atoms with Gasteiger partial charge in [-0.3, -0.25) is 4.99 Å². The fourth-order valence-electron chi connectivity index (χ4n) is 2.33. The summed E-state index contributed by atoms with van der Waals surface area (Å²) in [5.41, 5.74) is 1.05. The molecule has 1 unspecified atom stereocenters. The molecule has 6 heteroatoms. The molecule has 136 valence electrons. The molecule has 0 aliphatic rings. The zero-order chi connectivity index (χ0) is 17.8. The molecule has 1 aromatic carbocycles. The van der Waals surface area contributed by atoms with E-state index in [-0.39, 0.29) is 6.04 Å². The molecule has 0 fully saturated rings. The zero-order valence-corrected chi connectivity index (χ0v) is 16.3. The van der Waals surface area contributed by atoms with E-state index in [1.54, 1.807) is 14.2 Å². The average molecular weight is 354 g/mol. The topological polar surface area (TPSA) is 54.9 Å². The van der Waals surface area contributed by atoms with Crippen molar-refractivity contribution in [1.29, 1.82) is 0 Å². The Bertz CT molecular complexity index is 509. The molecule has 0 aliphatic heterocycles. The lowest BCUT2D eigenvalue weighted by Crippen LogP contribution is -2.39. The van der Waals surface area contributed by atoms with Gasteiger partial charge in [0.25, 0.3) is 0 Å². The van der Waals surface area contributed by atoms with Crippen LogP contribution in [0.5, 0.6) is 11.5 Å². The van der Waals surface area contributed by atoms with Gasteiger partial charge in [-0.2, -0.15) is 11.8 Å². The van der Waals surface area contributed by atoms with Crippen LogP contribution >= 0.6 is 11.8 Å². The van der Waals surface area contributed by atoms with Crippen molar-refractivity contribution < 1.29 is 9.47 Å². The zero-order valence-electron chi connectivity index (χ0n) is 15.5. The third-order valence-electron chi connectivity index (χ3n) is 3.63. The second-order valence-corrected chi connectivity index (χ2v) is 6.42. The van der Waals surface area contributed by atoms with Crippen LogP contribution < -0.4 is 20.1 Å². The number of hydrogen-bond donors (Lipinski definition) is 2. The quantitative estimate of drug-likeness (QED) is 0.383. The molecule has 0 saturated heterocycles. The highest BCUT2D eigenvalue weighted by molar-refractivity contribution is 7.98. The highest BCUT2D eigenvalue weighted by atomic mass is 32.2. The van der Waals surface area contributed by atoms with E-state index in [9.17, 15) is 0 Å². The number of rotatable bonds is 10. The predicted octanol–water partition coefficient (Wildman–Crippen LogP) is 3.46. The fraction of sp³-hybridized carbons (Fsp3) is 0.611. The monoisotopic (exact) mass is 353 g/mol. The summed E-state index contributed by atoms with van der Waals surface area (Å²) in [4.78, 5) is 4.66. The number of nitrogens with zero attached hydrogens (tertiary/aromatic N) is 1. The number of methoxy groups -OCH3 is 2. The van der Waals surface area contributed by atoms with E-state index in [1.807, 2.05) is 30.0 Å². The second-order valence-electron chi connectivity index (χ2n) is 5.43. The van der Waals surface area contributed by atoms with Crippen molar-refractivity contribution in [2.45, 2.75) is 32.7 Å². The summed E-state index contributed by atoms with van der Waals surface area (Å²) < 4.78 is 10.8. The number of aliphatic imine (C=N–C) groups is 1. The van der Waals surface area contributed by atoms with Crippen molar-refractivity contribution >= 4 is 17.7 Å². The first-order valence-corrected chi connectivity index (χ1v) is 9.81. The summed E-state index contributed by atoms with van der Waals surface area (Å²) in [6.07, 6.45) is 4.44. The Balaban J connectivity index is 2.76. The normalized spacial score (nSPS) is 12.6. The Morgan fingerprint density at radius 1 is 1.25 bits per heavy atom. The van der Waals surface area contributed by atoms with Crippen molar-refractivity contribution in [3.63, 3.8) is 0 Å². The molecule has 0 aromatic heterocycles. The Morgan fingerprint density at radius 2 is 2.04 bits per heavy atom. The van der Waals surface area contributed by atoms with Gasteiger partial charge in [-0.1, -0.05) is 0 Å². The molecule has 1 aromatic rings. The summed E-state index contributed by atoms with van der Waals surface area (Å²) >= 11 is 1.88. The third-order valence-corrected chi connectivity index (χ3v) is 4.32. The molecule has 0 saturated carbocycles. The van der Waals surface area contributed by atoms with E-state index in [0.29, 0.717) is 0 Å². The summed E-state index contributed by atoms with van der Waals surface area (Å²) in [6, 6.07) is 5.89. The Morgan fingerprint density at radius 3 is 2.67 bits per heavy atom. The van der Waals surface area contributed by atoms with E-state index < -0.39 is 0 Å². The van der Waals surface area contributed by atoms with Gasteiger partial charge in [0.2, 0.25) is 0 Å². The average Bonchev–Trinajstić information content (AvgIpc) is 2.60. The van der Waals surface area contributed by atoms with Gasteiger partial charge in [-0.05, 0) is 56.9 Å². The lowest BCUT2D eigenvalue weighted by molar-refractivity contribution is 0.394.